The third kappa shape index (κ3) is 4.07. The highest BCUT2D eigenvalue weighted by Crippen LogP contribution is 2.25. The van der Waals surface area contributed by atoms with Gasteiger partial charge in [-0.2, -0.15) is 10.1 Å². The monoisotopic (exact) mass is 378 g/mol. The van der Waals surface area contributed by atoms with E-state index in [0.29, 0.717) is 28.3 Å². The SMILES string of the molecule is CC1=NN(c2ccc(C(=O)[O-])cc2)C(=O)/C1=C/c1ccc(OCC(=O)[O-])cc1. The minimum atomic E-state index is -1.32. The van der Waals surface area contributed by atoms with Crippen LogP contribution in [0, 0.1) is 0 Å². The van der Waals surface area contributed by atoms with Gasteiger partial charge in [0.05, 0.1) is 28.9 Å². The van der Waals surface area contributed by atoms with Crippen LogP contribution < -0.4 is 20.0 Å². The lowest BCUT2D eigenvalue weighted by Crippen LogP contribution is -2.28. The van der Waals surface area contributed by atoms with Crippen molar-refractivity contribution >= 4 is 35.3 Å². The predicted octanol–water partition coefficient (Wildman–Crippen LogP) is -0.0151. The largest absolute Gasteiger partial charge is 0.546 e. The van der Waals surface area contributed by atoms with Crippen LogP contribution in [-0.4, -0.2) is 30.2 Å². The molecule has 142 valence electrons. The summed E-state index contributed by atoms with van der Waals surface area (Å²) in [5, 5.41) is 26.7. The normalized spacial score (nSPS) is 14.9. The number of carbonyl (C=O) groups is 3. The number of anilines is 1. The lowest BCUT2D eigenvalue weighted by molar-refractivity contribution is -0.307. The van der Waals surface area contributed by atoms with Crippen molar-refractivity contribution < 1.29 is 29.3 Å². The second-order valence-electron chi connectivity index (χ2n) is 5.92. The van der Waals surface area contributed by atoms with E-state index in [-0.39, 0.29) is 11.5 Å². The van der Waals surface area contributed by atoms with Gasteiger partial charge in [-0.3, -0.25) is 4.79 Å². The highest BCUT2D eigenvalue weighted by Gasteiger charge is 2.28. The molecule has 0 unspecified atom stereocenters. The van der Waals surface area contributed by atoms with Crippen LogP contribution >= 0.6 is 0 Å². The lowest BCUT2D eigenvalue weighted by atomic mass is 10.1. The fraction of sp³-hybridized carbons (Fsp3) is 0.100. The Kier molecular flexibility index (Phi) is 5.21. The minimum absolute atomic E-state index is 0.00727. The molecule has 28 heavy (non-hydrogen) atoms. The molecule has 0 radical (unpaired) electrons. The van der Waals surface area contributed by atoms with Gasteiger partial charge in [-0.15, -0.1) is 0 Å². The smallest absolute Gasteiger partial charge is 0.280 e. The van der Waals surface area contributed by atoms with E-state index in [1.807, 2.05) is 0 Å². The molecule has 0 aromatic heterocycles. The van der Waals surface area contributed by atoms with E-state index >= 15 is 0 Å². The summed E-state index contributed by atoms with van der Waals surface area (Å²) in [4.78, 5) is 33.9. The zero-order valence-electron chi connectivity index (χ0n) is 14.7. The van der Waals surface area contributed by atoms with Gasteiger partial charge in [0.2, 0.25) is 0 Å². The van der Waals surface area contributed by atoms with E-state index in [0.717, 1.165) is 0 Å². The van der Waals surface area contributed by atoms with Gasteiger partial charge in [-0.05, 0) is 48.4 Å². The molecular formula is C20H14N2O6-2. The van der Waals surface area contributed by atoms with Crippen LogP contribution in [0.5, 0.6) is 5.75 Å². The quantitative estimate of drug-likeness (QED) is 0.651. The molecule has 1 amide bonds. The first-order valence-electron chi connectivity index (χ1n) is 8.21. The number of hydrogen-bond acceptors (Lipinski definition) is 7. The minimum Gasteiger partial charge on any atom is -0.546 e. The van der Waals surface area contributed by atoms with Gasteiger partial charge >= 0.3 is 0 Å². The van der Waals surface area contributed by atoms with Crippen LogP contribution in [0.2, 0.25) is 0 Å². The van der Waals surface area contributed by atoms with Gasteiger partial charge in [0.25, 0.3) is 5.91 Å². The number of rotatable bonds is 6. The summed E-state index contributed by atoms with van der Waals surface area (Å²) in [5.74, 6) is -2.60. The number of aromatic carboxylic acids is 1. The molecule has 0 spiro atoms. The Morgan fingerprint density at radius 2 is 1.71 bits per heavy atom. The van der Waals surface area contributed by atoms with E-state index in [9.17, 15) is 24.6 Å². The molecule has 0 atom stereocenters. The first-order valence-corrected chi connectivity index (χ1v) is 8.21. The Morgan fingerprint density at radius 1 is 1.07 bits per heavy atom. The first kappa shape index (κ1) is 18.8. The number of hydrazone groups is 1. The number of benzene rings is 2. The van der Waals surface area contributed by atoms with Crippen LogP contribution in [0.1, 0.15) is 22.8 Å². The standard InChI is InChI=1S/C20H16N2O6/c1-12-17(10-13-2-8-16(9-3-13)28-11-18(23)24)19(25)22(21-12)15-6-4-14(5-7-15)20(26)27/h2-10H,11H2,1H3,(H,23,24)(H,26,27)/p-2/b17-10+. The van der Waals surface area contributed by atoms with Crippen LogP contribution in [0.25, 0.3) is 6.08 Å². The number of carboxylic acid groups (broad SMARTS) is 2. The summed E-state index contributed by atoms with van der Waals surface area (Å²) in [6.45, 7) is 1.15. The fourth-order valence-corrected chi connectivity index (χ4v) is 2.57. The Bertz CT molecular complexity index is 990. The third-order valence-corrected chi connectivity index (χ3v) is 3.96. The van der Waals surface area contributed by atoms with Crippen LogP contribution in [-0.2, 0) is 9.59 Å². The average Bonchev–Trinajstić information content (AvgIpc) is 2.95. The zero-order valence-corrected chi connectivity index (χ0v) is 14.7. The van der Waals surface area contributed by atoms with Gasteiger partial charge in [0.1, 0.15) is 12.4 Å². The lowest BCUT2D eigenvalue weighted by Gasteiger charge is -2.12. The topological polar surface area (TPSA) is 122 Å². The van der Waals surface area contributed by atoms with E-state index < -0.39 is 18.5 Å². The number of ether oxygens (including phenoxy) is 1. The molecule has 0 N–H and O–H groups in total. The third-order valence-electron chi connectivity index (χ3n) is 3.96. The molecule has 1 aliphatic rings. The highest BCUT2D eigenvalue weighted by molar-refractivity contribution is 6.32. The average molecular weight is 378 g/mol. The molecule has 1 aliphatic heterocycles. The fourth-order valence-electron chi connectivity index (χ4n) is 2.57. The summed E-state index contributed by atoms with van der Waals surface area (Å²) in [7, 11) is 0. The molecule has 2 aromatic carbocycles. The number of amides is 1. The van der Waals surface area contributed by atoms with E-state index in [2.05, 4.69) is 5.10 Å². The maximum atomic E-state index is 12.7. The van der Waals surface area contributed by atoms with Crippen molar-refractivity contribution in [1.82, 2.24) is 0 Å². The Labute approximate surface area is 160 Å². The zero-order chi connectivity index (χ0) is 20.3. The van der Waals surface area contributed by atoms with Gasteiger partial charge in [0, 0.05) is 0 Å². The molecule has 8 heteroatoms. The van der Waals surface area contributed by atoms with Gasteiger partial charge in [-0.1, -0.05) is 24.3 Å². The number of carboxylic acids is 2. The van der Waals surface area contributed by atoms with Crippen molar-refractivity contribution in [3.8, 4) is 5.75 Å². The summed E-state index contributed by atoms with van der Waals surface area (Å²) < 4.78 is 5.01. The summed E-state index contributed by atoms with van der Waals surface area (Å²) in [6.07, 6.45) is 1.65. The van der Waals surface area contributed by atoms with E-state index in [4.69, 9.17) is 4.74 Å². The predicted molar refractivity (Wildman–Crippen MR) is 96.3 cm³/mol. The Hall–Kier alpha value is -3.94. The number of hydrogen-bond donors (Lipinski definition) is 0. The molecule has 2 aromatic rings. The molecule has 8 nitrogen and oxygen atoms in total. The molecule has 0 fully saturated rings. The van der Waals surface area contributed by atoms with Crippen molar-refractivity contribution in [2.45, 2.75) is 6.92 Å². The maximum absolute atomic E-state index is 12.7. The number of aliphatic carboxylic acids is 1. The number of carbonyl (C=O) groups excluding carboxylic acids is 3. The molecule has 0 saturated heterocycles. The number of nitrogens with zero attached hydrogens (tertiary/aromatic N) is 2. The molecule has 0 aliphatic carbocycles. The van der Waals surface area contributed by atoms with E-state index in [1.54, 1.807) is 37.3 Å². The van der Waals surface area contributed by atoms with Crippen LogP contribution in [0.3, 0.4) is 0 Å². The Balaban J connectivity index is 1.78. The summed E-state index contributed by atoms with van der Waals surface area (Å²) in [6, 6.07) is 12.2. The molecular weight excluding hydrogens is 364 g/mol. The van der Waals surface area contributed by atoms with Crippen molar-refractivity contribution in [1.29, 1.82) is 0 Å². The Morgan fingerprint density at radius 3 is 2.29 bits per heavy atom. The van der Waals surface area contributed by atoms with Crippen molar-refractivity contribution in [2.24, 2.45) is 5.10 Å². The highest BCUT2D eigenvalue weighted by atomic mass is 16.5. The summed E-state index contributed by atoms with van der Waals surface area (Å²) in [5.41, 5.74) is 2.03. The first-order chi connectivity index (χ1) is 13.3. The van der Waals surface area contributed by atoms with Crippen LogP contribution in [0.15, 0.2) is 59.2 Å². The molecule has 3 rings (SSSR count). The van der Waals surface area contributed by atoms with E-state index in [1.165, 1.54) is 29.3 Å². The van der Waals surface area contributed by atoms with Gasteiger partial charge in [0.15, 0.2) is 0 Å². The maximum Gasteiger partial charge on any atom is 0.280 e. The van der Waals surface area contributed by atoms with Crippen LogP contribution in [0.4, 0.5) is 5.69 Å². The summed E-state index contributed by atoms with van der Waals surface area (Å²) >= 11 is 0. The molecule has 0 bridgehead atoms. The van der Waals surface area contributed by atoms with Gasteiger partial charge in [-0.25, -0.2) is 0 Å². The molecule has 0 saturated carbocycles. The van der Waals surface area contributed by atoms with Crippen molar-refractivity contribution in [2.75, 3.05) is 11.6 Å². The van der Waals surface area contributed by atoms with Crippen molar-refractivity contribution in [3.63, 3.8) is 0 Å². The second-order valence-corrected chi connectivity index (χ2v) is 5.92. The molecule has 1 heterocycles. The van der Waals surface area contributed by atoms with Gasteiger partial charge < -0.3 is 24.5 Å². The van der Waals surface area contributed by atoms with Crippen molar-refractivity contribution in [3.05, 3.63) is 65.2 Å². The second kappa shape index (κ2) is 7.75.